The summed E-state index contributed by atoms with van der Waals surface area (Å²) in [5.41, 5.74) is 0.703. The maximum absolute atomic E-state index is 13.3. The van der Waals surface area contributed by atoms with Crippen molar-refractivity contribution in [1.82, 2.24) is 10.2 Å². The number of benzene rings is 2. The van der Waals surface area contributed by atoms with Gasteiger partial charge in [-0.3, -0.25) is 4.79 Å². The highest BCUT2D eigenvalue weighted by Gasteiger charge is 2.42. The molecule has 2 amide bonds. The van der Waals surface area contributed by atoms with Crippen LogP contribution in [0.25, 0.3) is 0 Å². The predicted molar refractivity (Wildman–Crippen MR) is 95.1 cm³/mol. The summed E-state index contributed by atoms with van der Waals surface area (Å²) in [6, 6.07) is 14.6. The van der Waals surface area contributed by atoms with Crippen LogP contribution in [0.1, 0.15) is 30.5 Å². The van der Waals surface area contributed by atoms with E-state index in [2.05, 4.69) is 5.32 Å². The largest absolute Gasteiger partial charge is 0.481 e. The minimum absolute atomic E-state index is 0.166. The summed E-state index contributed by atoms with van der Waals surface area (Å²) < 4.78 is 13.3. The average molecular weight is 356 g/mol. The first-order chi connectivity index (χ1) is 12.4. The second-order valence-electron chi connectivity index (χ2n) is 6.88. The number of amides is 2. The zero-order chi connectivity index (χ0) is 18.7. The molecule has 2 unspecified atom stereocenters. The van der Waals surface area contributed by atoms with Crippen molar-refractivity contribution in [2.75, 3.05) is 13.1 Å². The van der Waals surface area contributed by atoms with Gasteiger partial charge in [-0.15, -0.1) is 0 Å². The molecule has 0 aromatic heterocycles. The van der Waals surface area contributed by atoms with Gasteiger partial charge < -0.3 is 15.3 Å². The fourth-order valence-corrected chi connectivity index (χ4v) is 3.18. The predicted octanol–water partition coefficient (Wildman–Crippen LogP) is 3.42. The van der Waals surface area contributed by atoms with Gasteiger partial charge in [0.25, 0.3) is 0 Å². The number of carbonyl (C=O) groups is 2. The molecule has 2 N–H and O–H groups in total. The minimum Gasteiger partial charge on any atom is -0.481 e. The van der Waals surface area contributed by atoms with Crippen LogP contribution in [0, 0.1) is 11.2 Å². The highest BCUT2D eigenvalue weighted by molar-refractivity contribution is 5.80. The molecule has 2 aromatic carbocycles. The monoisotopic (exact) mass is 356 g/mol. The van der Waals surface area contributed by atoms with E-state index in [9.17, 15) is 19.1 Å². The number of nitrogens with zero attached hydrogens (tertiary/aromatic N) is 1. The van der Waals surface area contributed by atoms with Crippen molar-refractivity contribution in [2.24, 2.45) is 5.41 Å². The Labute approximate surface area is 151 Å². The number of carboxylic acid groups (broad SMARTS) is 1. The molecule has 1 saturated heterocycles. The van der Waals surface area contributed by atoms with Crippen molar-refractivity contribution in [3.8, 4) is 0 Å². The van der Waals surface area contributed by atoms with Crippen molar-refractivity contribution in [3.05, 3.63) is 71.5 Å². The highest BCUT2D eigenvalue weighted by Crippen LogP contribution is 2.31. The topological polar surface area (TPSA) is 69.6 Å². The lowest BCUT2D eigenvalue weighted by Crippen LogP contribution is -2.42. The van der Waals surface area contributed by atoms with Crippen LogP contribution in [0.15, 0.2) is 54.6 Å². The Morgan fingerprint density at radius 2 is 1.73 bits per heavy atom. The van der Waals surface area contributed by atoms with Crippen molar-refractivity contribution >= 4 is 12.0 Å². The smallest absolute Gasteiger partial charge is 0.318 e. The van der Waals surface area contributed by atoms with E-state index in [4.69, 9.17) is 0 Å². The summed E-state index contributed by atoms with van der Waals surface area (Å²) in [7, 11) is 0. The number of nitrogens with one attached hydrogen (secondary N) is 1. The van der Waals surface area contributed by atoms with Crippen LogP contribution in [0.2, 0.25) is 0 Å². The summed E-state index contributed by atoms with van der Waals surface area (Å²) >= 11 is 0. The van der Waals surface area contributed by atoms with Crippen molar-refractivity contribution in [3.63, 3.8) is 0 Å². The number of hydrogen-bond donors (Lipinski definition) is 2. The van der Waals surface area contributed by atoms with E-state index in [1.54, 1.807) is 19.1 Å². The molecule has 1 heterocycles. The molecule has 3 rings (SSSR count). The van der Waals surface area contributed by atoms with Crippen molar-refractivity contribution < 1.29 is 19.1 Å². The van der Waals surface area contributed by atoms with Crippen LogP contribution in [-0.2, 0) is 4.79 Å². The van der Waals surface area contributed by atoms with E-state index in [0.717, 1.165) is 11.1 Å². The van der Waals surface area contributed by atoms with E-state index >= 15 is 0 Å². The Morgan fingerprint density at radius 1 is 1.12 bits per heavy atom. The molecule has 2 atom stereocenters. The molecule has 5 nitrogen and oxygen atoms in total. The summed E-state index contributed by atoms with van der Waals surface area (Å²) in [5, 5.41) is 12.3. The van der Waals surface area contributed by atoms with Gasteiger partial charge in [0.05, 0.1) is 11.5 Å². The van der Waals surface area contributed by atoms with Gasteiger partial charge in [0.2, 0.25) is 0 Å². The lowest BCUT2D eigenvalue weighted by atomic mass is 9.90. The normalized spacial score (nSPS) is 20.6. The first-order valence-electron chi connectivity index (χ1n) is 8.48. The van der Waals surface area contributed by atoms with Crippen molar-refractivity contribution in [2.45, 2.75) is 19.4 Å². The highest BCUT2D eigenvalue weighted by atomic mass is 19.1. The Bertz CT molecular complexity index is 794. The number of carbonyl (C=O) groups excluding carboxylic acids is 1. The Balaban J connectivity index is 1.81. The summed E-state index contributed by atoms with van der Waals surface area (Å²) in [5.74, 6) is -1.24. The molecule has 0 radical (unpaired) electrons. The van der Waals surface area contributed by atoms with Gasteiger partial charge in [-0.1, -0.05) is 42.5 Å². The third-order valence-corrected chi connectivity index (χ3v) is 4.88. The first-order valence-corrected chi connectivity index (χ1v) is 8.48. The Kier molecular flexibility index (Phi) is 4.93. The second-order valence-corrected chi connectivity index (χ2v) is 6.88. The number of hydrogen-bond acceptors (Lipinski definition) is 2. The average Bonchev–Trinajstić information content (AvgIpc) is 3.05. The van der Waals surface area contributed by atoms with Crippen LogP contribution in [0.4, 0.5) is 9.18 Å². The third-order valence-electron chi connectivity index (χ3n) is 4.88. The maximum atomic E-state index is 13.3. The minimum atomic E-state index is -0.921. The number of carboxylic acids is 1. The van der Waals surface area contributed by atoms with Crippen LogP contribution in [0.3, 0.4) is 0 Å². The van der Waals surface area contributed by atoms with Gasteiger partial charge in [-0.25, -0.2) is 9.18 Å². The molecule has 26 heavy (non-hydrogen) atoms. The fourth-order valence-electron chi connectivity index (χ4n) is 3.18. The standard InChI is InChI=1S/C20H21FN2O3/c1-20(18(24)25)11-12-23(13-20)19(26)22-17(14-5-3-2-4-6-14)15-7-9-16(21)10-8-15/h2-10,17H,11-13H2,1H3,(H,22,26)(H,24,25). The van der Waals surface area contributed by atoms with Gasteiger partial charge in [0.1, 0.15) is 5.82 Å². The number of aliphatic carboxylic acids is 1. The fraction of sp³-hybridized carbons (Fsp3) is 0.300. The molecular formula is C20H21FN2O3. The first kappa shape index (κ1) is 17.9. The van der Waals surface area contributed by atoms with E-state index in [1.807, 2.05) is 30.3 Å². The van der Waals surface area contributed by atoms with Crippen LogP contribution >= 0.6 is 0 Å². The number of likely N-dealkylation sites (tertiary alicyclic amines) is 1. The SMILES string of the molecule is CC1(C(=O)O)CCN(C(=O)NC(c2ccccc2)c2ccc(F)cc2)C1. The lowest BCUT2D eigenvalue weighted by Gasteiger charge is -2.25. The maximum Gasteiger partial charge on any atom is 0.318 e. The van der Waals surface area contributed by atoms with E-state index < -0.39 is 17.4 Å². The summed E-state index contributed by atoms with van der Waals surface area (Å²) in [6.45, 7) is 2.20. The summed E-state index contributed by atoms with van der Waals surface area (Å²) in [6.07, 6.45) is 0.419. The van der Waals surface area contributed by atoms with Crippen LogP contribution in [0.5, 0.6) is 0 Å². The quantitative estimate of drug-likeness (QED) is 0.882. The Hall–Kier alpha value is -2.89. The number of rotatable bonds is 4. The molecule has 0 spiro atoms. The van der Waals surface area contributed by atoms with Crippen molar-refractivity contribution in [1.29, 1.82) is 0 Å². The molecule has 1 aliphatic rings. The molecule has 0 bridgehead atoms. The lowest BCUT2D eigenvalue weighted by molar-refractivity contribution is -0.147. The molecule has 0 aliphatic carbocycles. The third kappa shape index (κ3) is 3.69. The van der Waals surface area contributed by atoms with Gasteiger partial charge >= 0.3 is 12.0 Å². The van der Waals surface area contributed by atoms with Gasteiger partial charge in [0.15, 0.2) is 0 Å². The van der Waals surface area contributed by atoms with E-state index in [0.29, 0.717) is 13.0 Å². The number of halogens is 1. The van der Waals surface area contributed by atoms with E-state index in [-0.39, 0.29) is 18.4 Å². The van der Waals surface area contributed by atoms with Crippen LogP contribution in [-0.4, -0.2) is 35.1 Å². The van der Waals surface area contributed by atoms with E-state index in [1.165, 1.54) is 17.0 Å². The Morgan fingerprint density at radius 3 is 2.31 bits per heavy atom. The molecule has 136 valence electrons. The number of urea groups is 1. The van der Waals surface area contributed by atoms with Gasteiger partial charge in [-0.2, -0.15) is 0 Å². The van der Waals surface area contributed by atoms with Crippen LogP contribution < -0.4 is 5.32 Å². The zero-order valence-electron chi connectivity index (χ0n) is 14.5. The summed E-state index contributed by atoms with van der Waals surface area (Å²) in [4.78, 5) is 25.6. The molecule has 1 fully saturated rings. The molecule has 0 saturated carbocycles. The molecule has 1 aliphatic heterocycles. The molecular weight excluding hydrogens is 335 g/mol. The van der Waals surface area contributed by atoms with Gasteiger partial charge in [0, 0.05) is 13.1 Å². The molecule has 6 heteroatoms. The second kappa shape index (κ2) is 7.15. The molecule has 2 aromatic rings. The van der Waals surface area contributed by atoms with Gasteiger partial charge in [-0.05, 0) is 36.6 Å². The zero-order valence-corrected chi connectivity index (χ0v) is 14.5.